The highest BCUT2D eigenvalue weighted by atomic mass is 16.3. The quantitative estimate of drug-likeness (QED) is 0.188. The molecule has 0 amide bonds. The van der Waals surface area contributed by atoms with Crippen molar-refractivity contribution >= 4 is 43.9 Å². The maximum Gasteiger partial charge on any atom is 0.180 e. The fourth-order valence-corrected chi connectivity index (χ4v) is 7.29. The van der Waals surface area contributed by atoms with Crippen LogP contribution in [-0.4, -0.2) is 14.5 Å². The molecule has 4 nitrogen and oxygen atoms in total. The number of fused-ring (bicyclic) bond motifs is 6. The first kappa shape index (κ1) is 28.3. The van der Waals surface area contributed by atoms with Crippen LogP contribution < -0.4 is 0 Å². The van der Waals surface area contributed by atoms with E-state index in [1.807, 2.05) is 42.5 Å². The molecule has 0 spiro atoms. The second-order valence-electron chi connectivity index (χ2n) is 12.6. The lowest BCUT2D eigenvalue weighted by Crippen LogP contribution is -1.94. The summed E-state index contributed by atoms with van der Waals surface area (Å²) in [4.78, 5) is 10.2. The molecule has 0 aliphatic rings. The van der Waals surface area contributed by atoms with Gasteiger partial charge in [0.15, 0.2) is 11.4 Å². The molecule has 0 bridgehead atoms. The topological polar surface area (TPSA) is 43.9 Å². The average Bonchev–Trinajstić information content (AvgIpc) is 3.74. The molecule has 0 atom stereocenters. The summed E-state index contributed by atoms with van der Waals surface area (Å²) in [6.45, 7) is 0. The second kappa shape index (κ2) is 11.4. The molecule has 3 aromatic heterocycles. The number of para-hydroxylation sites is 2. The van der Waals surface area contributed by atoms with Crippen molar-refractivity contribution in [3.05, 3.63) is 176 Å². The minimum atomic E-state index is 0.675. The van der Waals surface area contributed by atoms with Gasteiger partial charge in [0.05, 0.1) is 16.4 Å². The van der Waals surface area contributed by atoms with Gasteiger partial charge in [0.1, 0.15) is 16.8 Å². The van der Waals surface area contributed by atoms with E-state index in [9.17, 15) is 0 Å². The minimum absolute atomic E-state index is 0.675. The van der Waals surface area contributed by atoms with Crippen LogP contribution in [0.2, 0.25) is 0 Å². The first-order valence-corrected chi connectivity index (χ1v) is 16.8. The number of hydrogen-bond donors (Lipinski definition) is 0. The summed E-state index contributed by atoms with van der Waals surface area (Å²) in [6.07, 6.45) is 0. The number of benzene rings is 7. The van der Waals surface area contributed by atoms with E-state index in [2.05, 4.69) is 138 Å². The summed E-state index contributed by atoms with van der Waals surface area (Å²) < 4.78 is 8.92. The molecule has 234 valence electrons. The molecule has 0 N–H and O–H groups in total. The van der Waals surface area contributed by atoms with Gasteiger partial charge in [-0.3, -0.25) is 0 Å². The van der Waals surface area contributed by atoms with Gasteiger partial charge >= 0.3 is 0 Å². The zero-order valence-corrected chi connectivity index (χ0v) is 27.0. The van der Waals surface area contributed by atoms with Gasteiger partial charge in [0.25, 0.3) is 0 Å². The monoisotopic (exact) mass is 639 g/mol. The smallest absolute Gasteiger partial charge is 0.180 e. The summed E-state index contributed by atoms with van der Waals surface area (Å²) in [6, 6.07) is 61.5. The van der Waals surface area contributed by atoms with Crippen molar-refractivity contribution in [2.24, 2.45) is 0 Å². The molecule has 3 heterocycles. The van der Waals surface area contributed by atoms with E-state index in [1.54, 1.807) is 0 Å². The summed E-state index contributed by atoms with van der Waals surface area (Å²) in [5, 5.41) is 3.47. The second-order valence-corrected chi connectivity index (χ2v) is 12.6. The van der Waals surface area contributed by atoms with Crippen LogP contribution in [0, 0.1) is 0 Å². The maximum atomic E-state index is 6.57. The SMILES string of the molecule is c1ccc(-c2nc(-c3ccccc3)c3oc4cccc(-c5ccc(-c6ccc7c(c6)c6ccccc6n7-c6ccccc6)cc5)c4c3n2)cc1. The Kier molecular flexibility index (Phi) is 6.46. The van der Waals surface area contributed by atoms with E-state index in [1.165, 1.54) is 27.4 Å². The number of aromatic nitrogens is 3. The molecule has 0 aliphatic heterocycles. The third-order valence-electron chi connectivity index (χ3n) is 9.64. The zero-order chi connectivity index (χ0) is 33.0. The van der Waals surface area contributed by atoms with Gasteiger partial charge < -0.3 is 8.98 Å². The highest BCUT2D eigenvalue weighted by Crippen LogP contribution is 2.41. The highest BCUT2D eigenvalue weighted by Gasteiger charge is 2.21. The number of hydrogen-bond acceptors (Lipinski definition) is 3. The Morgan fingerprint density at radius 1 is 0.440 bits per heavy atom. The highest BCUT2D eigenvalue weighted by molar-refractivity contribution is 6.14. The predicted molar refractivity (Wildman–Crippen MR) is 205 cm³/mol. The Labute approximate surface area is 288 Å². The van der Waals surface area contributed by atoms with E-state index >= 15 is 0 Å². The van der Waals surface area contributed by atoms with E-state index in [0.29, 0.717) is 11.4 Å². The maximum absolute atomic E-state index is 6.57. The molecule has 0 aliphatic carbocycles. The molecule has 0 saturated heterocycles. The predicted octanol–water partition coefficient (Wildman–Crippen LogP) is 12.1. The fourth-order valence-electron chi connectivity index (χ4n) is 7.29. The largest absolute Gasteiger partial charge is 0.452 e. The Balaban J connectivity index is 1.11. The van der Waals surface area contributed by atoms with Crippen molar-refractivity contribution in [1.82, 2.24) is 14.5 Å². The van der Waals surface area contributed by atoms with Crippen LogP contribution in [-0.2, 0) is 0 Å². The third kappa shape index (κ3) is 4.54. The number of furan rings is 1. The minimum Gasteiger partial charge on any atom is -0.452 e. The molecule has 4 heteroatoms. The zero-order valence-electron chi connectivity index (χ0n) is 27.0. The van der Waals surface area contributed by atoms with Crippen LogP contribution in [0.1, 0.15) is 0 Å². The van der Waals surface area contributed by atoms with Crippen LogP contribution in [0.3, 0.4) is 0 Å². The molecule has 0 unspecified atom stereocenters. The molecule has 0 fully saturated rings. The lowest BCUT2D eigenvalue weighted by atomic mass is 9.97. The van der Waals surface area contributed by atoms with E-state index in [-0.39, 0.29) is 0 Å². The Morgan fingerprint density at radius 3 is 1.86 bits per heavy atom. The van der Waals surface area contributed by atoms with Gasteiger partial charge in [-0.25, -0.2) is 9.97 Å². The van der Waals surface area contributed by atoms with Gasteiger partial charge in [-0.2, -0.15) is 0 Å². The first-order valence-electron chi connectivity index (χ1n) is 16.8. The van der Waals surface area contributed by atoms with Crippen molar-refractivity contribution in [3.63, 3.8) is 0 Å². The molecule has 0 radical (unpaired) electrons. The summed E-state index contributed by atoms with van der Waals surface area (Å²) in [7, 11) is 0. The lowest BCUT2D eigenvalue weighted by molar-refractivity contribution is 0.667. The fraction of sp³-hybridized carbons (Fsp3) is 0. The van der Waals surface area contributed by atoms with Gasteiger partial charge in [-0.15, -0.1) is 0 Å². The molecular weight excluding hydrogens is 611 g/mol. The lowest BCUT2D eigenvalue weighted by Gasteiger charge is -2.09. The number of nitrogens with zero attached hydrogens (tertiary/aromatic N) is 3. The van der Waals surface area contributed by atoms with Gasteiger partial charge in [-0.05, 0) is 58.7 Å². The van der Waals surface area contributed by atoms with Gasteiger partial charge in [0, 0.05) is 27.6 Å². The Morgan fingerprint density at radius 2 is 1.08 bits per heavy atom. The van der Waals surface area contributed by atoms with Crippen LogP contribution in [0.15, 0.2) is 180 Å². The van der Waals surface area contributed by atoms with Crippen LogP contribution >= 0.6 is 0 Å². The number of rotatable bonds is 5. The molecular formula is C46H29N3O. The summed E-state index contributed by atoms with van der Waals surface area (Å²) in [5.74, 6) is 0.675. The van der Waals surface area contributed by atoms with Crippen molar-refractivity contribution in [1.29, 1.82) is 0 Å². The van der Waals surface area contributed by atoms with Crippen molar-refractivity contribution < 1.29 is 4.42 Å². The van der Waals surface area contributed by atoms with Crippen molar-refractivity contribution in [3.8, 4) is 50.6 Å². The van der Waals surface area contributed by atoms with Crippen LogP contribution in [0.5, 0.6) is 0 Å². The Hall–Kier alpha value is -6.78. The standard InChI is InChI=1S/C46H29N3O/c1-4-13-32(14-5-1)43-45-44(48-46(47-43)33-15-6-2-7-16-33)42-36(20-12-22-41(42)50-45)31-25-23-30(24-26-31)34-27-28-40-38(29-34)37-19-10-11-21-39(37)49(40)35-17-8-3-9-18-35/h1-29H. The van der Waals surface area contributed by atoms with Crippen molar-refractivity contribution in [2.45, 2.75) is 0 Å². The van der Waals surface area contributed by atoms with Gasteiger partial charge in [-0.1, -0.05) is 140 Å². The summed E-state index contributed by atoms with van der Waals surface area (Å²) >= 11 is 0. The summed E-state index contributed by atoms with van der Waals surface area (Å²) in [5.41, 5.74) is 13.1. The Bertz CT molecular complexity index is 2840. The van der Waals surface area contributed by atoms with E-state index in [4.69, 9.17) is 14.4 Å². The molecule has 10 rings (SSSR count). The van der Waals surface area contributed by atoms with Crippen molar-refractivity contribution in [2.75, 3.05) is 0 Å². The van der Waals surface area contributed by atoms with Crippen LogP contribution in [0.25, 0.3) is 94.5 Å². The molecule has 50 heavy (non-hydrogen) atoms. The first-order chi connectivity index (χ1) is 24.8. The average molecular weight is 640 g/mol. The van der Waals surface area contributed by atoms with E-state index in [0.717, 1.165) is 55.7 Å². The van der Waals surface area contributed by atoms with Crippen LogP contribution in [0.4, 0.5) is 0 Å². The molecule has 10 aromatic rings. The third-order valence-corrected chi connectivity index (χ3v) is 9.64. The molecule has 7 aromatic carbocycles. The van der Waals surface area contributed by atoms with Gasteiger partial charge in [0.2, 0.25) is 0 Å². The normalized spacial score (nSPS) is 11.6. The van der Waals surface area contributed by atoms with E-state index < -0.39 is 0 Å². The molecule has 0 saturated carbocycles.